The number of ether oxygens (including phenoxy) is 3. The molecule has 0 radical (unpaired) electrons. The molecular weight excluding hydrogens is 664 g/mol. The van der Waals surface area contributed by atoms with Crippen LogP contribution in [0.1, 0.15) is 18.1 Å². The van der Waals surface area contributed by atoms with E-state index in [-0.39, 0.29) is 16.5 Å². The first-order chi connectivity index (χ1) is 21.6. The van der Waals surface area contributed by atoms with Crippen LogP contribution in [0.15, 0.2) is 105 Å². The number of nitrogens with one attached hydrogen (secondary N) is 2. The van der Waals surface area contributed by atoms with Crippen LogP contribution in [0.4, 0.5) is 11.4 Å². The summed E-state index contributed by atoms with van der Waals surface area (Å²) >= 11 is 3.51. The molecule has 0 heterocycles. The number of sulfonamides is 1. The molecule has 0 spiro atoms. The van der Waals surface area contributed by atoms with E-state index in [2.05, 4.69) is 31.8 Å². The summed E-state index contributed by atoms with van der Waals surface area (Å²) in [4.78, 5) is 24.3. The Balaban J connectivity index is 1.50. The van der Waals surface area contributed by atoms with Crippen LogP contribution < -0.4 is 29.3 Å². The minimum absolute atomic E-state index is 0.0739. The number of halogens is 1. The quantitative estimate of drug-likeness (QED) is 0.142. The summed E-state index contributed by atoms with van der Waals surface area (Å²) in [6, 6.07) is 25.0. The van der Waals surface area contributed by atoms with Crippen LogP contribution in [0.2, 0.25) is 0 Å². The largest absolute Gasteiger partial charge is 0.497 e. The lowest BCUT2D eigenvalue weighted by Gasteiger charge is -2.24. The summed E-state index contributed by atoms with van der Waals surface area (Å²) in [5.74, 6) is 0.500. The van der Waals surface area contributed by atoms with E-state index in [0.29, 0.717) is 39.6 Å². The Morgan fingerprint density at radius 2 is 1.62 bits per heavy atom. The first-order valence-corrected chi connectivity index (χ1v) is 15.7. The average molecular weight is 696 g/mol. The lowest BCUT2D eigenvalue weighted by atomic mass is 10.2. The highest BCUT2D eigenvalue weighted by molar-refractivity contribution is 9.10. The zero-order valence-electron chi connectivity index (χ0n) is 24.7. The molecule has 2 amide bonds. The lowest BCUT2D eigenvalue weighted by Crippen LogP contribution is -2.39. The Kier molecular flexibility index (Phi) is 11.2. The molecule has 234 valence electrons. The molecule has 0 bridgehead atoms. The fourth-order valence-corrected chi connectivity index (χ4v) is 6.13. The number of benzene rings is 4. The maximum Gasteiger partial charge on any atom is 0.264 e. The summed E-state index contributed by atoms with van der Waals surface area (Å²) in [6.07, 6.45) is 1.40. The molecular formula is C32H31BrN4O7S. The molecule has 4 aromatic carbocycles. The Morgan fingerprint density at radius 1 is 0.933 bits per heavy atom. The predicted octanol–water partition coefficient (Wildman–Crippen LogP) is 5.35. The molecule has 0 saturated heterocycles. The van der Waals surface area contributed by atoms with E-state index < -0.39 is 22.5 Å². The molecule has 4 aromatic rings. The van der Waals surface area contributed by atoms with Crippen molar-refractivity contribution in [2.24, 2.45) is 5.10 Å². The highest BCUT2D eigenvalue weighted by Crippen LogP contribution is 2.37. The molecule has 0 aromatic heterocycles. The fourth-order valence-electron chi connectivity index (χ4n) is 4.13. The van der Waals surface area contributed by atoms with Crippen molar-refractivity contribution in [2.45, 2.75) is 18.4 Å². The third kappa shape index (κ3) is 8.83. The first kappa shape index (κ1) is 33.0. The molecule has 0 aliphatic carbocycles. The van der Waals surface area contributed by atoms with Crippen molar-refractivity contribution in [1.29, 1.82) is 0 Å². The minimum Gasteiger partial charge on any atom is -0.497 e. The summed E-state index contributed by atoms with van der Waals surface area (Å²) in [7, 11) is -1.20. The van der Waals surface area contributed by atoms with Crippen LogP contribution in [0.3, 0.4) is 0 Å². The zero-order valence-corrected chi connectivity index (χ0v) is 27.1. The Morgan fingerprint density at radius 3 is 2.24 bits per heavy atom. The number of hydrogen-bond acceptors (Lipinski definition) is 8. The average Bonchev–Trinajstić information content (AvgIpc) is 3.03. The van der Waals surface area contributed by atoms with Gasteiger partial charge in [0, 0.05) is 12.6 Å². The van der Waals surface area contributed by atoms with E-state index in [0.717, 1.165) is 9.87 Å². The second-order valence-electron chi connectivity index (χ2n) is 9.52. The Labute approximate surface area is 270 Å². The zero-order chi connectivity index (χ0) is 32.4. The van der Waals surface area contributed by atoms with Gasteiger partial charge in [0.25, 0.3) is 15.9 Å². The number of anilines is 2. The van der Waals surface area contributed by atoms with Gasteiger partial charge in [-0.15, -0.1) is 0 Å². The van der Waals surface area contributed by atoms with Crippen molar-refractivity contribution in [3.05, 3.63) is 107 Å². The molecule has 0 unspecified atom stereocenters. The maximum atomic E-state index is 13.7. The first-order valence-electron chi connectivity index (χ1n) is 13.5. The van der Waals surface area contributed by atoms with Gasteiger partial charge in [-0.1, -0.05) is 30.3 Å². The van der Waals surface area contributed by atoms with Gasteiger partial charge in [-0.2, -0.15) is 5.10 Å². The van der Waals surface area contributed by atoms with Gasteiger partial charge in [-0.25, -0.2) is 13.8 Å². The number of methoxy groups -OCH3 is 2. The summed E-state index contributed by atoms with van der Waals surface area (Å²) < 4.78 is 45.6. The number of amides is 2. The van der Waals surface area contributed by atoms with Crippen LogP contribution >= 0.6 is 15.9 Å². The SMILES string of the molecule is COc1ccc(N(CC(=O)N/N=C\c2cc(Br)c(OCc3ccccc3)c(OC)c2)S(=O)(=O)c2ccc(NC(C)=O)cc2)cc1. The van der Waals surface area contributed by atoms with Crippen LogP contribution in [-0.4, -0.2) is 47.2 Å². The molecule has 0 aliphatic rings. The second kappa shape index (κ2) is 15.2. The molecule has 0 aliphatic heterocycles. The number of hydrogen-bond donors (Lipinski definition) is 2. The van der Waals surface area contributed by atoms with E-state index in [4.69, 9.17) is 14.2 Å². The van der Waals surface area contributed by atoms with Crippen molar-refractivity contribution < 1.29 is 32.2 Å². The van der Waals surface area contributed by atoms with Gasteiger partial charge in [0.2, 0.25) is 5.91 Å². The van der Waals surface area contributed by atoms with E-state index in [9.17, 15) is 18.0 Å². The van der Waals surface area contributed by atoms with Gasteiger partial charge >= 0.3 is 0 Å². The third-order valence-corrected chi connectivity index (χ3v) is 8.67. The summed E-state index contributed by atoms with van der Waals surface area (Å²) in [6.45, 7) is 1.12. The predicted molar refractivity (Wildman–Crippen MR) is 175 cm³/mol. The number of rotatable bonds is 13. The van der Waals surface area contributed by atoms with E-state index in [1.54, 1.807) is 24.3 Å². The molecule has 0 saturated carbocycles. The van der Waals surface area contributed by atoms with E-state index in [1.165, 1.54) is 63.8 Å². The maximum absolute atomic E-state index is 13.7. The molecule has 0 fully saturated rings. The van der Waals surface area contributed by atoms with Crippen molar-refractivity contribution in [1.82, 2.24) is 5.43 Å². The smallest absolute Gasteiger partial charge is 0.264 e. The van der Waals surface area contributed by atoms with Gasteiger partial charge in [-0.3, -0.25) is 13.9 Å². The monoisotopic (exact) mass is 694 g/mol. The molecule has 4 rings (SSSR count). The second-order valence-corrected chi connectivity index (χ2v) is 12.2. The van der Waals surface area contributed by atoms with Crippen molar-refractivity contribution in [3.8, 4) is 17.2 Å². The fraction of sp³-hybridized carbons (Fsp3) is 0.156. The topological polar surface area (TPSA) is 136 Å². The number of carbonyl (C=O) groups excluding carboxylic acids is 2. The van der Waals surface area contributed by atoms with Gasteiger partial charge in [-0.05, 0) is 87.7 Å². The van der Waals surface area contributed by atoms with Gasteiger partial charge < -0.3 is 19.5 Å². The summed E-state index contributed by atoms with van der Waals surface area (Å²) in [5.41, 5.74) is 4.64. The standard InChI is InChI=1S/C32H31BrN4O7S/c1-22(38)35-25-9-15-28(16-10-25)45(40,41)37(26-11-13-27(42-2)14-12-26)20-31(39)36-34-19-24-17-29(33)32(30(18-24)43-3)44-21-23-7-5-4-6-8-23/h4-19H,20-21H2,1-3H3,(H,35,38)(H,36,39)/b34-19-. The number of hydrazone groups is 1. The van der Waals surface area contributed by atoms with E-state index >= 15 is 0 Å². The molecule has 2 N–H and O–H groups in total. The third-order valence-electron chi connectivity index (χ3n) is 6.29. The molecule has 11 nitrogen and oxygen atoms in total. The number of nitrogens with zero attached hydrogens (tertiary/aromatic N) is 2. The van der Waals surface area contributed by atoms with Gasteiger partial charge in [0.15, 0.2) is 11.5 Å². The highest BCUT2D eigenvalue weighted by Gasteiger charge is 2.27. The molecule has 0 atom stereocenters. The molecule has 13 heteroatoms. The molecule has 45 heavy (non-hydrogen) atoms. The normalized spacial score (nSPS) is 11.1. The van der Waals surface area contributed by atoms with E-state index in [1.807, 2.05) is 30.3 Å². The highest BCUT2D eigenvalue weighted by atomic mass is 79.9. The Bertz CT molecular complexity index is 1770. The van der Waals surface area contributed by atoms with Gasteiger partial charge in [0.05, 0.1) is 35.5 Å². The Hall–Kier alpha value is -4.88. The van der Waals surface area contributed by atoms with Crippen LogP contribution in [0.25, 0.3) is 0 Å². The van der Waals surface area contributed by atoms with Crippen LogP contribution in [0, 0.1) is 0 Å². The van der Waals surface area contributed by atoms with Crippen molar-refractivity contribution >= 4 is 55.4 Å². The van der Waals surface area contributed by atoms with Crippen LogP contribution in [-0.2, 0) is 26.2 Å². The number of carbonyl (C=O) groups is 2. The van der Waals surface area contributed by atoms with Gasteiger partial charge in [0.1, 0.15) is 18.9 Å². The minimum atomic E-state index is -4.21. The van der Waals surface area contributed by atoms with Crippen LogP contribution in [0.5, 0.6) is 17.2 Å². The van der Waals surface area contributed by atoms with Crippen molar-refractivity contribution in [2.75, 3.05) is 30.4 Å². The lowest BCUT2D eigenvalue weighted by molar-refractivity contribution is -0.119. The summed E-state index contributed by atoms with van der Waals surface area (Å²) in [5, 5.41) is 6.62. The van der Waals surface area contributed by atoms with Crippen molar-refractivity contribution in [3.63, 3.8) is 0 Å².